The van der Waals surface area contributed by atoms with Crippen molar-refractivity contribution in [1.82, 2.24) is 4.98 Å². The minimum Gasteiger partial charge on any atom is -0.325 e. The fraction of sp³-hybridized carbons (Fsp3) is 0.214. The number of benzene rings is 1. The molecule has 7 heteroatoms. The molecule has 0 amide bonds. The molecule has 21 heavy (non-hydrogen) atoms. The van der Waals surface area contributed by atoms with Gasteiger partial charge in [0.05, 0.1) is 11.4 Å². The second-order valence-corrected chi connectivity index (χ2v) is 6.17. The van der Waals surface area contributed by atoms with Crippen LogP contribution in [0.15, 0.2) is 47.5 Å². The molecule has 0 saturated carbocycles. The number of aromatic nitrogens is 1. The molecule has 0 aliphatic rings. The minimum absolute atomic E-state index is 0.00445. The first kappa shape index (κ1) is 15.4. The molecular weight excluding hydrogens is 293 g/mol. The Morgan fingerprint density at radius 1 is 1.24 bits per heavy atom. The molecule has 112 valence electrons. The average molecular weight is 309 g/mol. The number of sulfonamides is 1. The number of nitrogens with two attached hydrogens (primary N) is 1. The number of pyridine rings is 1. The molecule has 0 aliphatic heterocycles. The van der Waals surface area contributed by atoms with Gasteiger partial charge in [-0.05, 0) is 31.2 Å². The predicted molar refractivity (Wildman–Crippen MR) is 78.7 cm³/mol. The summed E-state index contributed by atoms with van der Waals surface area (Å²) >= 11 is 0. The van der Waals surface area contributed by atoms with Gasteiger partial charge in [0.1, 0.15) is 10.7 Å². The highest BCUT2D eigenvalue weighted by Gasteiger charge is 2.25. The van der Waals surface area contributed by atoms with Gasteiger partial charge in [0, 0.05) is 19.3 Å². The Labute approximate surface area is 123 Å². The summed E-state index contributed by atoms with van der Waals surface area (Å²) in [5, 5.41) is 0. The lowest BCUT2D eigenvalue weighted by molar-refractivity contribution is 0.586. The smallest absolute Gasteiger partial charge is 0.265 e. The third-order valence-electron chi connectivity index (χ3n) is 3.00. The summed E-state index contributed by atoms with van der Waals surface area (Å²) in [6, 6.07) is 8.72. The molecule has 0 spiro atoms. The molecule has 0 bridgehead atoms. The Morgan fingerprint density at radius 3 is 2.48 bits per heavy atom. The Morgan fingerprint density at radius 2 is 1.95 bits per heavy atom. The lowest BCUT2D eigenvalue weighted by Crippen LogP contribution is -2.31. The van der Waals surface area contributed by atoms with Crippen molar-refractivity contribution in [2.24, 2.45) is 5.73 Å². The summed E-state index contributed by atoms with van der Waals surface area (Å²) in [4.78, 5) is 3.98. The maximum atomic E-state index is 13.9. The standard InChI is InChI=1S/C14H16FN3O2S/c1-2-18(14-6-4-3-5-13(14)15)21(19,20)12-8-7-11(9-16)17-10-12/h3-8,10H,2,9,16H2,1H3. The molecule has 2 aromatic rings. The second kappa shape index (κ2) is 6.19. The summed E-state index contributed by atoms with van der Waals surface area (Å²) in [5.41, 5.74) is 6.04. The number of rotatable bonds is 5. The third kappa shape index (κ3) is 3.03. The highest BCUT2D eigenvalue weighted by atomic mass is 32.2. The zero-order valence-corrected chi connectivity index (χ0v) is 12.3. The SMILES string of the molecule is CCN(c1ccccc1F)S(=O)(=O)c1ccc(CN)nc1. The van der Waals surface area contributed by atoms with Crippen LogP contribution < -0.4 is 10.0 Å². The van der Waals surface area contributed by atoms with Crippen LogP contribution in [0.4, 0.5) is 10.1 Å². The van der Waals surface area contributed by atoms with E-state index in [1.165, 1.54) is 30.5 Å². The predicted octanol–water partition coefficient (Wildman–Crippen LogP) is 1.89. The molecular formula is C14H16FN3O2S. The van der Waals surface area contributed by atoms with Crippen LogP contribution in [0.2, 0.25) is 0 Å². The van der Waals surface area contributed by atoms with Crippen LogP contribution in [0.5, 0.6) is 0 Å². The first-order chi connectivity index (χ1) is 10.0. The lowest BCUT2D eigenvalue weighted by Gasteiger charge is -2.23. The third-order valence-corrected chi connectivity index (χ3v) is 4.88. The number of anilines is 1. The first-order valence-electron chi connectivity index (χ1n) is 6.43. The van der Waals surface area contributed by atoms with E-state index in [-0.39, 0.29) is 23.7 Å². The van der Waals surface area contributed by atoms with Gasteiger partial charge in [0.25, 0.3) is 10.0 Å². The van der Waals surface area contributed by atoms with Gasteiger partial charge < -0.3 is 5.73 Å². The Kier molecular flexibility index (Phi) is 4.54. The van der Waals surface area contributed by atoms with Crippen LogP contribution in [0.1, 0.15) is 12.6 Å². The van der Waals surface area contributed by atoms with E-state index in [1.807, 2.05) is 0 Å². The lowest BCUT2D eigenvalue weighted by atomic mass is 10.3. The van der Waals surface area contributed by atoms with Gasteiger partial charge in [-0.1, -0.05) is 12.1 Å². The summed E-state index contributed by atoms with van der Waals surface area (Å²) in [6.07, 6.45) is 1.24. The van der Waals surface area contributed by atoms with Gasteiger partial charge in [0.2, 0.25) is 0 Å². The Bertz CT molecular complexity index is 717. The molecule has 1 heterocycles. The van der Waals surface area contributed by atoms with Crippen molar-refractivity contribution in [3.8, 4) is 0 Å². The van der Waals surface area contributed by atoms with Gasteiger partial charge in [-0.25, -0.2) is 12.8 Å². The van der Waals surface area contributed by atoms with Crippen molar-refractivity contribution in [1.29, 1.82) is 0 Å². The second-order valence-electron chi connectivity index (χ2n) is 4.31. The van der Waals surface area contributed by atoms with Crippen molar-refractivity contribution in [3.63, 3.8) is 0 Å². The number of hydrogen-bond acceptors (Lipinski definition) is 4. The fourth-order valence-electron chi connectivity index (χ4n) is 1.94. The van der Waals surface area contributed by atoms with Crippen LogP contribution >= 0.6 is 0 Å². The monoisotopic (exact) mass is 309 g/mol. The molecule has 5 nitrogen and oxygen atoms in total. The topological polar surface area (TPSA) is 76.3 Å². The van der Waals surface area contributed by atoms with Gasteiger partial charge in [-0.2, -0.15) is 0 Å². The van der Waals surface area contributed by atoms with Crippen LogP contribution in [0.25, 0.3) is 0 Å². The number of halogens is 1. The minimum atomic E-state index is -3.86. The maximum absolute atomic E-state index is 13.9. The van der Waals surface area contributed by atoms with Crippen molar-refractivity contribution < 1.29 is 12.8 Å². The van der Waals surface area contributed by atoms with E-state index >= 15 is 0 Å². The number of para-hydroxylation sites is 1. The highest BCUT2D eigenvalue weighted by molar-refractivity contribution is 7.92. The molecule has 0 radical (unpaired) electrons. The molecule has 0 unspecified atom stereocenters. The van der Waals surface area contributed by atoms with Crippen LogP contribution in [-0.4, -0.2) is 19.9 Å². The van der Waals surface area contributed by atoms with Gasteiger partial charge >= 0.3 is 0 Å². The van der Waals surface area contributed by atoms with Gasteiger partial charge in [0.15, 0.2) is 0 Å². The molecule has 0 aliphatic carbocycles. The van der Waals surface area contributed by atoms with E-state index in [2.05, 4.69) is 4.98 Å². The molecule has 2 rings (SSSR count). The normalized spacial score (nSPS) is 11.4. The average Bonchev–Trinajstić information content (AvgIpc) is 2.50. The van der Waals surface area contributed by atoms with Crippen molar-refractivity contribution in [2.45, 2.75) is 18.4 Å². The quantitative estimate of drug-likeness (QED) is 0.915. The van der Waals surface area contributed by atoms with E-state index in [0.717, 1.165) is 4.31 Å². The fourth-order valence-corrected chi connectivity index (χ4v) is 3.36. The Balaban J connectivity index is 2.47. The zero-order chi connectivity index (χ0) is 15.5. The van der Waals surface area contributed by atoms with E-state index in [0.29, 0.717) is 5.69 Å². The van der Waals surface area contributed by atoms with Gasteiger partial charge in [-0.3, -0.25) is 9.29 Å². The summed E-state index contributed by atoms with van der Waals surface area (Å²) in [6.45, 7) is 1.98. The van der Waals surface area contributed by atoms with Crippen LogP contribution in [0.3, 0.4) is 0 Å². The number of hydrogen-bond donors (Lipinski definition) is 1. The first-order valence-corrected chi connectivity index (χ1v) is 7.87. The van der Waals surface area contributed by atoms with Crippen molar-refractivity contribution in [3.05, 3.63) is 54.1 Å². The van der Waals surface area contributed by atoms with E-state index in [9.17, 15) is 12.8 Å². The van der Waals surface area contributed by atoms with Gasteiger partial charge in [-0.15, -0.1) is 0 Å². The summed E-state index contributed by atoms with van der Waals surface area (Å²) in [7, 11) is -3.86. The molecule has 0 saturated heterocycles. The van der Waals surface area contributed by atoms with Crippen LogP contribution in [0, 0.1) is 5.82 Å². The molecule has 0 atom stereocenters. The summed E-state index contributed by atoms with van der Waals surface area (Å²) in [5.74, 6) is -0.588. The molecule has 2 N–H and O–H groups in total. The molecule has 1 aromatic carbocycles. The van der Waals surface area contributed by atoms with Crippen molar-refractivity contribution >= 4 is 15.7 Å². The Hall–Kier alpha value is -1.99. The molecule has 1 aromatic heterocycles. The summed E-state index contributed by atoms with van der Waals surface area (Å²) < 4.78 is 40.1. The van der Waals surface area contributed by atoms with Crippen molar-refractivity contribution in [2.75, 3.05) is 10.8 Å². The highest BCUT2D eigenvalue weighted by Crippen LogP contribution is 2.25. The van der Waals surface area contributed by atoms with E-state index in [1.54, 1.807) is 19.1 Å². The van der Waals surface area contributed by atoms with E-state index in [4.69, 9.17) is 5.73 Å². The maximum Gasteiger partial charge on any atom is 0.265 e. The number of nitrogens with zero attached hydrogens (tertiary/aromatic N) is 2. The molecule has 0 fully saturated rings. The van der Waals surface area contributed by atoms with E-state index < -0.39 is 15.8 Å². The van der Waals surface area contributed by atoms with Crippen LogP contribution in [-0.2, 0) is 16.6 Å². The largest absolute Gasteiger partial charge is 0.325 e. The zero-order valence-electron chi connectivity index (χ0n) is 11.5.